The first-order valence-electron chi connectivity index (χ1n) is 7.46. The van der Waals surface area contributed by atoms with E-state index in [0.29, 0.717) is 0 Å². The van der Waals surface area contributed by atoms with Crippen LogP contribution in [0.1, 0.15) is 36.1 Å². The molecule has 2 aromatic heterocycles. The topological polar surface area (TPSA) is 47.7 Å². The fourth-order valence-electron chi connectivity index (χ4n) is 2.50. The van der Waals surface area contributed by atoms with Crippen LogP contribution >= 0.6 is 15.9 Å². The van der Waals surface area contributed by atoms with Crippen LogP contribution in [-0.4, -0.2) is 26.1 Å². The number of hydrogen-bond donors (Lipinski definition) is 1. The summed E-state index contributed by atoms with van der Waals surface area (Å²) >= 11 is 3.62. The van der Waals surface area contributed by atoms with Crippen LogP contribution in [-0.2, 0) is 19.6 Å². The van der Waals surface area contributed by atoms with E-state index < -0.39 is 0 Å². The highest BCUT2D eigenvalue weighted by Gasteiger charge is 2.11. The lowest BCUT2D eigenvalue weighted by molar-refractivity contribution is 0.519. The Bertz CT molecular complexity index is 599. The monoisotopic (exact) mass is 353 g/mol. The summed E-state index contributed by atoms with van der Waals surface area (Å²) in [6.45, 7) is 12.0. The minimum atomic E-state index is 0.840. The summed E-state index contributed by atoms with van der Waals surface area (Å²) in [7, 11) is 0. The van der Waals surface area contributed by atoms with Gasteiger partial charge < -0.3 is 5.32 Å². The summed E-state index contributed by atoms with van der Waals surface area (Å²) in [4.78, 5) is 0. The van der Waals surface area contributed by atoms with E-state index in [1.165, 1.54) is 11.4 Å². The Morgan fingerprint density at radius 3 is 2.57 bits per heavy atom. The molecule has 21 heavy (non-hydrogen) atoms. The lowest BCUT2D eigenvalue weighted by Crippen LogP contribution is -2.19. The molecule has 0 aliphatic heterocycles. The van der Waals surface area contributed by atoms with Crippen LogP contribution in [0, 0.1) is 20.8 Å². The quantitative estimate of drug-likeness (QED) is 0.778. The van der Waals surface area contributed by atoms with Crippen molar-refractivity contribution in [2.45, 2.75) is 53.8 Å². The van der Waals surface area contributed by atoms with E-state index in [1.807, 2.05) is 18.5 Å². The maximum Gasteiger partial charge on any atom is 0.0739 e. The van der Waals surface area contributed by atoms with Crippen molar-refractivity contribution in [1.82, 2.24) is 24.9 Å². The molecule has 2 aromatic rings. The van der Waals surface area contributed by atoms with Gasteiger partial charge in [0.05, 0.1) is 21.6 Å². The lowest BCUT2D eigenvalue weighted by atomic mass is 10.3. The highest BCUT2D eigenvalue weighted by Crippen LogP contribution is 2.20. The van der Waals surface area contributed by atoms with Gasteiger partial charge in [0, 0.05) is 25.3 Å². The second-order valence-electron chi connectivity index (χ2n) is 5.34. The average molecular weight is 354 g/mol. The van der Waals surface area contributed by atoms with Gasteiger partial charge in [-0.2, -0.15) is 10.2 Å². The third-order valence-corrected chi connectivity index (χ3v) is 4.60. The molecular weight excluding hydrogens is 330 g/mol. The van der Waals surface area contributed by atoms with Crippen LogP contribution < -0.4 is 5.32 Å². The smallest absolute Gasteiger partial charge is 0.0739 e. The summed E-state index contributed by atoms with van der Waals surface area (Å²) in [5, 5.41) is 12.5. The molecule has 0 saturated carbocycles. The zero-order valence-electron chi connectivity index (χ0n) is 13.3. The molecule has 0 spiro atoms. The molecule has 0 bridgehead atoms. The van der Waals surface area contributed by atoms with Gasteiger partial charge in [0.1, 0.15) is 0 Å². The normalized spacial score (nSPS) is 11.3. The van der Waals surface area contributed by atoms with E-state index in [9.17, 15) is 0 Å². The van der Waals surface area contributed by atoms with Crippen LogP contribution in [0.3, 0.4) is 0 Å². The fraction of sp³-hybridized carbons (Fsp3) is 0.600. The van der Waals surface area contributed by atoms with Gasteiger partial charge in [0.25, 0.3) is 0 Å². The molecule has 0 unspecified atom stereocenters. The summed E-state index contributed by atoms with van der Waals surface area (Å²) in [5.41, 5.74) is 4.60. The van der Waals surface area contributed by atoms with Gasteiger partial charge in [-0.15, -0.1) is 0 Å². The first-order valence-corrected chi connectivity index (χ1v) is 8.25. The average Bonchev–Trinajstić information content (AvgIpc) is 2.91. The van der Waals surface area contributed by atoms with Crippen LogP contribution in [0.4, 0.5) is 0 Å². The minimum absolute atomic E-state index is 0.840. The Hall–Kier alpha value is -1.14. The minimum Gasteiger partial charge on any atom is -0.311 e. The summed E-state index contributed by atoms with van der Waals surface area (Å²) in [6.07, 6.45) is 1.07. The highest BCUT2D eigenvalue weighted by molar-refractivity contribution is 9.10. The number of hydrogen-bond acceptors (Lipinski definition) is 3. The molecule has 0 atom stereocenters. The predicted molar refractivity (Wildman–Crippen MR) is 88.4 cm³/mol. The van der Waals surface area contributed by atoms with Crippen molar-refractivity contribution in [3.05, 3.63) is 33.3 Å². The van der Waals surface area contributed by atoms with E-state index >= 15 is 0 Å². The molecule has 0 saturated heterocycles. The van der Waals surface area contributed by atoms with Gasteiger partial charge in [-0.1, -0.05) is 0 Å². The number of aryl methyl sites for hydroxylation is 5. The molecule has 6 heteroatoms. The Balaban J connectivity index is 1.79. The van der Waals surface area contributed by atoms with Crippen LogP contribution in [0.15, 0.2) is 10.5 Å². The molecule has 1 N–H and O–H groups in total. The Kier molecular flexibility index (Phi) is 5.58. The maximum absolute atomic E-state index is 4.51. The first-order chi connectivity index (χ1) is 10.0. The summed E-state index contributed by atoms with van der Waals surface area (Å²) < 4.78 is 5.25. The van der Waals surface area contributed by atoms with Gasteiger partial charge in [-0.3, -0.25) is 9.36 Å². The molecule has 2 heterocycles. The lowest BCUT2D eigenvalue weighted by Gasteiger charge is -2.08. The second-order valence-corrected chi connectivity index (χ2v) is 6.14. The molecule has 2 rings (SSSR count). The molecule has 5 nitrogen and oxygen atoms in total. The maximum atomic E-state index is 4.51. The van der Waals surface area contributed by atoms with E-state index in [2.05, 4.69) is 56.0 Å². The summed E-state index contributed by atoms with van der Waals surface area (Å²) in [6, 6.07) is 2.12. The van der Waals surface area contributed by atoms with E-state index in [0.717, 1.165) is 48.5 Å². The largest absolute Gasteiger partial charge is 0.311 e. The van der Waals surface area contributed by atoms with Crippen molar-refractivity contribution in [2.75, 3.05) is 6.54 Å². The van der Waals surface area contributed by atoms with E-state index in [4.69, 9.17) is 0 Å². The summed E-state index contributed by atoms with van der Waals surface area (Å²) in [5.74, 6) is 0. The molecule has 0 amide bonds. The van der Waals surface area contributed by atoms with E-state index in [-0.39, 0.29) is 0 Å². The third-order valence-electron chi connectivity index (χ3n) is 3.57. The third kappa shape index (κ3) is 3.95. The van der Waals surface area contributed by atoms with Gasteiger partial charge in [-0.05, 0) is 62.7 Å². The fourth-order valence-corrected chi connectivity index (χ4v) is 2.92. The Morgan fingerprint density at radius 1 is 1.19 bits per heavy atom. The standard InChI is InChI=1S/C15H24BrN5/c1-5-20-14(15(16)13(4)19-20)10-17-7-6-8-21-12(3)9-11(2)18-21/h9,17H,5-8,10H2,1-4H3. The number of rotatable bonds is 7. The van der Waals surface area contributed by atoms with Crippen LogP contribution in [0.2, 0.25) is 0 Å². The molecular formula is C15H24BrN5. The van der Waals surface area contributed by atoms with Crippen molar-refractivity contribution >= 4 is 15.9 Å². The van der Waals surface area contributed by atoms with Crippen molar-refractivity contribution in [3.8, 4) is 0 Å². The van der Waals surface area contributed by atoms with Crippen molar-refractivity contribution in [2.24, 2.45) is 0 Å². The van der Waals surface area contributed by atoms with E-state index in [1.54, 1.807) is 0 Å². The Morgan fingerprint density at radius 2 is 1.95 bits per heavy atom. The zero-order valence-corrected chi connectivity index (χ0v) is 14.9. The van der Waals surface area contributed by atoms with Gasteiger partial charge in [0.2, 0.25) is 0 Å². The highest BCUT2D eigenvalue weighted by atomic mass is 79.9. The molecule has 116 valence electrons. The van der Waals surface area contributed by atoms with Crippen molar-refractivity contribution in [1.29, 1.82) is 0 Å². The molecule has 0 aliphatic carbocycles. The first kappa shape index (κ1) is 16.2. The molecule has 0 aromatic carbocycles. The van der Waals surface area contributed by atoms with Gasteiger partial charge in [0.15, 0.2) is 0 Å². The van der Waals surface area contributed by atoms with Crippen LogP contribution in [0.5, 0.6) is 0 Å². The number of halogens is 1. The molecule has 0 aliphatic rings. The number of aromatic nitrogens is 4. The van der Waals surface area contributed by atoms with Gasteiger partial charge in [-0.25, -0.2) is 0 Å². The van der Waals surface area contributed by atoms with Gasteiger partial charge >= 0.3 is 0 Å². The number of nitrogens with one attached hydrogen (secondary N) is 1. The second kappa shape index (κ2) is 7.22. The molecule has 0 fully saturated rings. The van der Waals surface area contributed by atoms with Crippen LogP contribution in [0.25, 0.3) is 0 Å². The van der Waals surface area contributed by atoms with Crippen molar-refractivity contribution in [3.63, 3.8) is 0 Å². The van der Waals surface area contributed by atoms with Crippen molar-refractivity contribution < 1.29 is 0 Å². The molecule has 0 radical (unpaired) electrons. The predicted octanol–water partition coefficient (Wildman–Crippen LogP) is 2.97. The number of nitrogens with zero attached hydrogens (tertiary/aromatic N) is 4. The Labute approximate surface area is 134 Å². The SMILES string of the molecule is CCn1nc(C)c(Br)c1CNCCCn1nc(C)cc1C. The zero-order chi connectivity index (χ0) is 15.4.